The van der Waals surface area contributed by atoms with Crippen molar-refractivity contribution in [3.8, 4) is 11.1 Å². The predicted octanol–water partition coefficient (Wildman–Crippen LogP) is 3.29. The van der Waals surface area contributed by atoms with Gasteiger partial charge in [-0.15, -0.1) is 0 Å². The minimum Gasteiger partial charge on any atom is -0.366 e. The minimum absolute atomic E-state index is 0.739. The summed E-state index contributed by atoms with van der Waals surface area (Å²) in [7, 11) is 0. The van der Waals surface area contributed by atoms with E-state index in [1.54, 1.807) is 0 Å². The second kappa shape index (κ2) is 5.12. The fourth-order valence-electron chi connectivity index (χ4n) is 1.76. The first-order valence-corrected chi connectivity index (χ1v) is 5.37. The fraction of sp³-hybridized carbons (Fsp3) is 0. The molecule has 2 aromatic carbocycles. The summed E-state index contributed by atoms with van der Waals surface area (Å²) >= 11 is 0. The third-order valence-electron chi connectivity index (χ3n) is 2.74. The van der Waals surface area contributed by atoms with Crippen molar-refractivity contribution in [3.05, 3.63) is 58.7 Å². The van der Waals surface area contributed by atoms with Crippen molar-refractivity contribution in [2.75, 3.05) is 0 Å². The summed E-state index contributed by atoms with van der Waals surface area (Å²) in [6, 6.07) is 2.67. The number of amides is 1. The Hall–Kier alpha value is -2.51. The second-order valence-electron chi connectivity index (χ2n) is 3.98. The summed E-state index contributed by atoms with van der Waals surface area (Å²) in [5.74, 6) is -13.9. The van der Waals surface area contributed by atoms with Crippen LogP contribution in [0.5, 0.6) is 0 Å². The molecule has 0 fully saturated rings. The van der Waals surface area contributed by atoms with Crippen LogP contribution < -0.4 is 5.73 Å². The fourth-order valence-corrected chi connectivity index (χ4v) is 1.76. The maximum Gasteiger partial charge on any atom is 0.251 e. The third kappa shape index (κ3) is 2.22. The first-order chi connectivity index (χ1) is 9.77. The van der Waals surface area contributed by atoms with Gasteiger partial charge in [0.05, 0.1) is 11.1 Å². The molecule has 0 aromatic heterocycles. The zero-order valence-corrected chi connectivity index (χ0v) is 9.99. The summed E-state index contributed by atoms with van der Waals surface area (Å²) < 4.78 is 80.3. The molecule has 0 unspecified atom stereocenters. The van der Waals surface area contributed by atoms with Crippen LogP contribution in [0, 0.1) is 34.9 Å². The molecule has 0 aliphatic rings. The number of carbonyl (C=O) groups excluding carboxylic acids is 1. The van der Waals surface area contributed by atoms with E-state index >= 15 is 0 Å². The maximum absolute atomic E-state index is 14.0. The zero-order valence-electron chi connectivity index (χ0n) is 9.99. The predicted molar refractivity (Wildman–Crippen MR) is 60.1 cm³/mol. The van der Waals surface area contributed by atoms with E-state index in [0.29, 0.717) is 0 Å². The molecule has 0 aliphatic carbocycles. The number of carbonyl (C=O) groups is 1. The number of nitrogens with two attached hydrogens (primary N) is 1. The van der Waals surface area contributed by atoms with Crippen molar-refractivity contribution in [3.63, 3.8) is 0 Å². The van der Waals surface area contributed by atoms with Gasteiger partial charge in [-0.2, -0.15) is 0 Å². The van der Waals surface area contributed by atoms with Crippen molar-refractivity contribution < 1.29 is 31.1 Å². The number of benzene rings is 2. The highest BCUT2D eigenvalue weighted by Gasteiger charge is 2.28. The van der Waals surface area contributed by atoms with Gasteiger partial charge in [0.2, 0.25) is 5.82 Å². The molecule has 2 aromatic rings. The Morgan fingerprint density at radius 2 is 1.24 bits per heavy atom. The van der Waals surface area contributed by atoms with Crippen LogP contribution in [0.1, 0.15) is 10.4 Å². The molecule has 2 N–H and O–H groups in total. The summed E-state index contributed by atoms with van der Waals surface area (Å²) in [6.07, 6.45) is 0. The lowest BCUT2D eigenvalue weighted by molar-refractivity contribution is 0.0996. The van der Waals surface area contributed by atoms with Crippen molar-refractivity contribution in [2.24, 2.45) is 5.73 Å². The molecule has 0 aliphatic heterocycles. The van der Waals surface area contributed by atoms with Crippen LogP contribution in [0.25, 0.3) is 11.1 Å². The lowest BCUT2D eigenvalue weighted by Gasteiger charge is -2.10. The average Bonchev–Trinajstić information content (AvgIpc) is 2.44. The molecule has 2 rings (SSSR count). The van der Waals surface area contributed by atoms with Crippen molar-refractivity contribution in [1.82, 2.24) is 0 Å². The van der Waals surface area contributed by atoms with Crippen LogP contribution in [0.15, 0.2) is 18.2 Å². The minimum atomic E-state index is -2.36. The Bertz CT molecular complexity index is 730. The van der Waals surface area contributed by atoms with Gasteiger partial charge in [0.25, 0.3) is 5.91 Å². The standard InChI is InChI=1S/C13H5F6NO/c14-7-4(2-1-3-5(7)13(20)21)6-8(15)10(17)12(19)11(18)9(6)16/h1-3H,(H2,20,21). The first-order valence-electron chi connectivity index (χ1n) is 5.37. The zero-order chi connectivity index (χ0) is 15.9. The van der Waals surface area contributed by atoms with E-state index in [9.17, 15) is 31.1 Å². The Morgan fingerprint density at radius 1 is 0.762 bits per heavy atom. The number of rotatable bonds is 2. The normalized spacial score (nSPS) is 10.8. The second-order valence-corrected chi connectivity index (χ2v) is 3.98. The Kier molecular flexibility index (Phi) is 3.63. The molecule has 0 bridgehead atoms. The number of halogens is 6. The molecule has 0 saturated heterocycles. The van der Waals surface area contributed by atoms with Crippen LogP contribution >= 0.6 is 0 Å². The van der Waals surface area contributed by atoms with Crippen LogP contribution in [0.4, 0.5) is 26.3 Å². The van der Waals surface area contributed by atoms with Gasteiger partial charge in [-0.25, -0.2) is 26.3 Å². The molecule has 110 valence electrons. The SMILES string of the molecule is NC(=O)c1cccc(-c2c(F)c(F)c(F)c(F)c2F)c1F. The summed E-state index contributed by atoms with van der Waals surface area (Å²) in [5, 5.41) is 0. The van der Waals surface area contributed by atoms with Crippen molar-refractivity contribution in [2.45, 2.75) is 0 Å². The van der Waals surface area contributed by atoms with Crippen LogP contribution in [-0.4, -0.2) is 5.91 Å². The number of hydrogen-bond acceptors (Lipinski definition) is 1. The Morgan fingerprint density at radius 3 is 1.71 bits per heavy atom. The quantitative estimate of drug-likeness (QED) is 0.516. The van der Waals surface area contributed by atoms with Crippen LogP contribution in [-0.2, 0) is 0 Å². The average molecular weight is 305 g/mol. The molecule has 1 amide bonds. The van der Waals surface area contributed by atoms with Crippen molar-refractivity contribution >= 4 is 5.91 Å². The van der Waals surface area contributed by atoms with Gasteiger partial charge in [0.1, 0.15) is 5.82 Å². The molecule has 0 heterocycles. The maximum atomic E-state index is 14.0. The molecular formula is C13H5F6NO. The van der Waals surface area contributed by atoms with E-state index in [2.05, 4.69) is 0 Å². The van der Waals surface area contributed by atoms with Gasteiger partial charge < -0.3 is 5.73 Å². The van der Waals surface area contributed by atoms with Gasteiger partial charge in [-0.1, -0.05) is 12.1 Å². The highest BCUT2D eigenvalue weighted by Crippen LogP contribution is 2.33. The molecule has 0 radical (unpaired) electrons. The number of hydrogen-bond donors (Lipinski definition) is 1. The Labute approximate surface area is 113 Å². The molecule has 0 atom stereocenters. The van der Waals surface area contributed by atoms with Gasteiger partial charge in [0.15, 0.2) is 23.3 Å². The largest absolute Gasteiger partial charge is 0.366 e. The van der Waals surface area contributed by atoms with E-state index in [0.717, 1.165) is 18.2 Å². The van der Waals surface area contributed by atoms with Crippen LogP contribution in [0.3, 0.4) is 0 Å². The summed E-state index contributed by atoms with van der Waals surface area (Å²) in [6.45, 7) is 0. The summed E-state index contributed by atoms with van der Waals surface area (Å²) in [5.41, 5.74) is 1.68. The lowest BCUT2D eigenvalue weighted by Crippen LogP contribution is -2.14. The molecule has 8 heteroatoms. The van der Waals surface area contributed by atoms with E-state index in [4.69, 9.17) is 5.73 Å². The van der Waals surface area contributed by atoms with Gasteiger partial charge in [0, 0.05) is 5.56 Å². The first kappa shape index (κ1) is 14.9. The topological polar surface area (TPSA) is 43.1 Å². The molecular weight excluding hydrogens is 300 g/mol. The molecule has 2 nitrogen and oxygen atoms in total. The Balaban J connectivity index is 2.86. The molecule has 21 heavy (non-hydrogen) atoms. The highest BCUT2D eigenvalue weighted by atomic mass is 19.2. The van der Waals surface area contributed by atoms with E-state index < -0.39 is 57.5 Å². The van der Waals surface area contributed by atoms with Gasteiger partial charge >= 0.3 is 0 Å². The van der Waals surface area contributed by atoms with Gasteiger partial charge in [-0.05, 0) is 6.07 Å². The van der Waals surface area contributed by atoms with Crippen molar-refractivity contribution in [1.29, 1.82) is 0 Å². The summed E-state index contributed by atoms with van der Waals surface area (Å²) in [4.78, 5) is 10.9. The van der Waals surface area contributed by atoms with E-state index in [1.165, 1.54) is 0 Å². The monoisotopic (exact) mass is 305 g/mol. The lowest BCUT2D eigenvalue weighted by atomic mass is 10.00. The number of primary amides is 1. The third-order valence-corrected chi connectivity index (χ3v) is 2.74. The van der Waals surface area contributed by atoms with Gasteiger partial charge in [-0.3, -0.25) is 4.79 Å². The van der Waals surface area contributed by atoms with Crippen LogP contribution in [0.2, 0.25) is 0 Å². The van der Waals surface area contributed by atoms with E-state index in [1.807, 2.05) is 0 Å². The highest BCUT2D eigenvalue weighted by molar-refractivity contribution is 5.94. The smallest absolute Gasteiger partial charge is 0.251 e. The molecule has 0 spiro atoms. The molecule has 0 saturated carbocycles. The van der Waals surface area contributed by atoms with E-state index in [-0.39, 0.29) is 0 Å².